The molecule has 2 N–H and O–H groups in total. The van der Waals surface area contributed by atoms with Crippen LogP contribution in [0.2, 0.25) is 0 Å². The molecule has 1 unspecified atom stereocenters. The number of fused-ring (bicyclic) bond motifs is 1. The van der Waals surface area contributed by atoms with Gasteiger partial charge in [-0.1, -0.05) is 12.2 Å². The first kappa shape index (κ1) is 12.0. The Balaban J connectivity index is 1.91. The van der Waals surface area contributed by atoms with Gasteiger partial charge in [-0.05, 0) is 49.7 Å². The second-order valence-corrected chi connectivity index (χ2v) is 5.86. The van der Waals surface area contributed by atoms with E-state index in [0.717, 1.165) is 19.4 Å². The van der Waals surface area contributed by atoms with Crippen LogP contribution in [-0.4, -0.2) is 23.0 Å². The minimum Gasteiger partial charge on any atom is -0.393 e. The Kier molecular flexibility index (Phi) is 3.95. The molecule has 4 heteroatoms. The van der Waals surface area contributed by atoms with Crippen LogP contribution in [0.3, 0.4) is 0 Å². The van der Waals surface area contributed by atoms with Crippen molar-refractivity contribution in [1.82, 2.24) is 4.90 Å². The molecular formula is C12H18N2S2. The lowest BCUT2D eigenvalue weighted by Crippen LogP contribution is -2.34. The molecule has 0 spiro atoms. The van der Waals surface area contributed by atoms with Crippen LogP contribution in [0.5, 0.6) is 0 Å². The predicted molar refractivity (Wildman–Crippen MR) is 74.0 cm³/mol. The maximum atomic E-state index is 5.52. The van der Waals surface area contributed by atoms with Gasteiger partial charge in [0.2, 0.25) is 0 Å². The van der Waals surface area contributed by atoms with E-state index in [1.54, 1.807) is 4.88 Å². The van der Waals surface area contributed by atoms with E-state index < -0.39 is 0 Å². The fourth-order valence-electron chi connectivity index (χ4n) is 2.32. The molecule has 0 radical (unpaired) electrons. The lowest BCUT2D eigenvalue weighted by Gasteiger charge is -2.33. The number of thiocarbonyl (C=S) groups is 1. The normalized spacial score (nSPS) is 20.7. The van der Waals surface area contributed by atoms with Crippen molar-refractivity contribution >= 4 is 28.5 Å². The van der Waals surface area contributed by atoms with Crippen molar-refractivity contribution in [2.24, 2.45) is 5.73 Å². The lowest BCUT2D eigenvalue weighted by molar-refractivity contribution is 0.199. The van der Waals surface area contributed by atoms with Crippen molar-refractivity contribution in [1.29, 1.82) is 0 Å². The zero-order valence-electron chi connectivity index (χ0n) is 9.61. The van der Waals surface area contributed by atoms with Gasteiger partial charge < -0.3 is 5.73 Å². The van der Waals surface area contributed by atoms with Crippen molar-refractivity contribution in [2.75, 3.05) is 13.1 Å². The maximum absolute atomic E-state index is 5.52. The molecule has 0 saturated carbocycles. The summed E-state index contributed by atoms with van der Waals surface area (Å²) in [5.41, 5.74) is 7.04. The smallest absolute Gasteiger partial charge is 0.0727 e. The standard InChI is InChI=1S/C12H18N2S2/c1-9-10-5-8-16-11(10)4-7-14(9)6-2-3-12(13)15/h5,8-9H,2-4,6-7H2,1H3,(H2,13,15). The molecule has 1 aliphatic heterocycles. The second-order valence-electron chi connectivity index (χ2n) is 4.33. The largest absolute Gasteiger partial charge is 0.393 e. The number of nitrogens with zero attached hydrogens (tertiary/aromatic N) is 1. The molecule has 1 aliphatic rings. The van der Waals surface area contributed by atoms with Crippen LogP contribution in [0.1, 0.15) is 36.2 Å². The van der Waals surface area contributed by atoms with Gasteiger partial charge >= 0.3 is 0 Å². The highest BCUT2D eigenvalue weighted by atomic mass is 32.1. The molecule has 0 aromatic carbocycles. The summed E-state index contributed by atoms with van der Waals surface area (Å²) in [4.78, 5) is 4.74. The molecule has 2 heterocycles. The molecule has 0 bridgehead atoms. The first-order valence-electron chi connectivity index (χ1n) is 5.77. The summed E-state index contributed by atoms with van der Waals surface area (Å²) >= 11 is 6.79. The highest BCUT2D eigenvalue weighted by Gasteiger charge is 2.23. The first-order valence-corrected chi connectivity index (χ1v) is 7.06. The van der Waals surface area contributed by atoms with Crippen molar-refractivity contribution in [3.8, 4) is 0 Å². The summed E-state index contributed by atoms with van der Waals surface area (Å²) in [6.45, 7) is 4.57. The molecule has 1 aromatic rings. The van der Waals surface area contributed by atoms with Gasteiger partial charge in [-0.25, -0.2) is 0 Å². The fraction of sp³-hybridized carbons (Fsp3) is 0.583. The summed E-state index contributed by atoms with van der Waals surface area (Å²) in [6.07, 6.45) is 3.15. The Bertz CT molecular complexity index is 373. The molecule has 0 fully saturated rings. The molecule has 0 saturated heterocycles. The highest BCUT2D eigenvalue weighted by Crippen LogP contribution is 2.32. The number of rotatable bonds is 4. The van der Waals surface area contributed by atoms with Crippen molar-refractivity contribution < 1.29 is 0 Å². The van der Waals surface area contributed by atoms with E-state index in [1.165, 1.54) is 18.5 Å². The summed E-state index contributed by atoms with van der Waals surface area (Å²) in [5.74, 6) is 0. The predicted octanol–water partition coefficient (Wildman–Crippen LogP) is 2.73. The van der Waals surface area contributed by atoms with Crippen LogP contribution < -0.4 is 5.73 Å². The molecule has 0 amide bonds. The van der Waals surface area contributed by atoms with Gasteiger partial charge in [-0.15, -0.1) is 11.3 Å². The average molecular weight is 254 g/mol. The highest BCUT2D eigenvalue weighted by molar-refractivity contribution is 7.80. The van der Waals surface area contributed by atoms with Gasteiger partial charge in [0.15, 0.2) is 0 Å². The van der Waals surface area contributed by atoms with Gasteiger partial charge in [0, 0.05) is 17.5 Å². The zero-order chi connectivity index (χ0) is 11.5. The van der Waals surface area contributed by atoms with Crippen LogP contribution in [-0.2, 0) is 6.42 Å². The van der Waals surface area contributed by atoms with E-state index in [0.29, 0.717) is 11.0 Å². The van der Waals surface area contributed by atoms with Gasteiger partial charge in [-0.2, -0.15) is 0 Å². The zero-order valence-corrected chi connectivity index (χ0v) is 11.2. The van der Waals surface area contributed by atoms with Gasteiger partial charge in [0.1, 0.15) is 0 Å². The Morgan fingerprint density at radius 2 is 2.50 bits per heavy atom. The molecular weight excluding hydrogens is 236 g/mol. The van der Waals surface area contributed by atoms with Gasteiger partial charge in [0.25, 0.3) is 0 Å². The summed E-state index contributed by atoms with van der Waals surface area (Å²) < 4.78 is 0. The monoisotopic (exact) mass is 254 g/mol. The SMILES string of the molecule is CC1c2ccsc2CCN1CCCC(N)=S. The average Bonchev–Trinajstić information content (AvgIpc) is 2.69. The third-order valence-corrected chi connectivity index (χ3v) is 4.47. The minimum absolute atomic E-state index is 0.557. The van der Waals surface area contributed by atoms with E-state index in [1.807, 2.05) is 11.3 Å². The van der Waals surface area contributed by atoms with E-state index >= 15 is 0 Å². The number of hydrogen-bond donors (Lipinski definition) is 1. The van der Waals surface area contributed by atoms with E-state index in [4.69, 9.17) is 18.0 Å². The van der Waals surface area contributed by atoms with Crippen LogP contribution in [0.15, 0.2) is 11.4 Å². The van der Waals surface area contributed by atoms with Crippen LogP contribution in [0.4, 0.5) is 0 Å². The third-order valence-electron chi connectivity index (χ3n) is 3.27. The minimum atomic E-state index is 0.557. The Morgan fingerprint density at radius 1 is 1.69 bits per heavy atom. The fourth-order valence-corrected chi connectivity index (χ4v) is 3.43. The van der Waals surface area contributed by atoms with Crippen LogP contribution in [0, 0.1) is 0 Å². The molecule has 1 atom stereocenters. The summed E-state index contributed by atoms with van der Waals surface area (Å²) in [7, 11) is 0. The topological polar surface area (TPSA) is 29.3 Å². The Morgan fingerprint density at radius 3 is 3.25 bits per heavy atom. The molecule has 88 valence electrons. The van der Waals surface area contributed by atoms with Crippen molar-refractivity contribution in [3.63, 3.8) is 0 Å². The Labute approximate surface area is 106 Å². The number of hydrogen-bond acceptors (Lipinski definition) is 3. The molecule has 2 rings (SSSR count). The van der Waals surface area contributed by atoms with E-state index in [9.17, 15) is 0 Å². The summed E-state index contributed by atoms with van der Waals surface area (Å²) in [5, 5.41) is 2.21. The van der Waals surface area contributed by atoms with Crippen LogP contribution in [0.25, 0.3) is 0 Å². The lowest BCUT2D eigenvalue weighted by atomic mass is 10.0. The number of nitrogens with two attached hydrogens (primary N) is 1. The molecule has 2 nitrogen and oxygen atoms in total. The van der Waals surface area contributed by atoms with Crippen LogP contribution >= 0.6 is 23.6 Å². The van der Waals surface area contributed by atoms with Crippen molar-refractivity contribution in [3.05, 3.63) is 21.9 Å². The van der Waals surface area contributed by atoms with Gasteiger partial charge in [0.05, 0.1) is 4.99 Å². The van der Waals surface area contributed by atoms with E-state index in [-0.39, 0.29) is 0 Å². The van der Waals surface area contributed by atoms with Crippen molar-refractivity contribution in [2.45, 2.75) is 32.2 Å². The third kappa shape index (κ3) is 2.62. The molecule has 0 aliphatic carbocycles. The number of thiophene rings is 1. The Hall–Kier alpha value is -0.450. The first-order chi connectivity index (χ1) is 7.68. The molecule has 16 heavy (non-hydrogen) atoms. The maximum Gasteiger partial charge on any atom is 0.0727 e. The quantitative estimate of drug-likeness (QED) is 0.838. The van der Waals surface area contributed by atoms with E-state index in [2.05, 4.69) is 23.3 Å². The van der Waals surface area contributed by atoms with Gasteiger partial charge in [-0.3, -0.25) is 4.90 Å². The summed E-state index contributed by atoms with van der Waals surface area (Å²) in [6, 6.07) is 2.83. The molecule has 1 aromatic heterocycles. The second kappa shape index (κ2) is 5.25.